The van der Waals surface area contributed by atoms with E-state index in [0.29, 0.717) is 0 Å². The lowest BCUT2D eigenvalue weighted by atomic mass is 9.98. The van der Waals surface area contributed by atoms with Crippen molar-refractivity contribution in [2.24, 2.45) is 0 Å². The number of anilines is 1. The topological polar surface area (TPSA) is 61.1 Å². The number of nitrogens with two attached hydrogens (primary N) is 1. The molecule has 0 aliphatic carbocycles. The van der Waals surface area contributed by atoms with Crippen LogP contribution in [0.4, 0.5) is 10.1 Å². The Morgan fingerprint density at radius 1 is 1.13 bits per heavy atom. The van der Waals surface area contributed by atoms with Gasteiger partial charge in [-0.2, -0.15) is 0 Å². The Balaban J connectivity index is 2.44. The molecule has 0 saturated carbocycles. The fourth-order valence-corrected chi connectivity index (χ4v) is 3.04. The zero-order valence-electron chi connectivity index (χ0n) is 13.9. The van der Waals surface area contributed by atoms with Crippen LogP contribution in [-0.2, 0) is 11.4 Å². The number of hydrogen-bond donors (Lipinski definition) is 2. The third kappa shape index (κ3) is 4.47. The molecule has 0 saturated heterocycles. The van der Waals surface area contributed by atoms with Crippen molar-refractivity contribution in [1.29, 1.82) is 0 Å². The Kier molecular flexibility index (Phi) is 5.34. The smallest absolute Gasteiger partial charge is 0.146 e. The summed E-state index contributed by atoms with van der Waals surface area (Å²) in [4.78, 5) is 0. The molecule has 0 aliphatic heterocycles. The van der Waals surface area contributed by atoms with Crippen molar-refractivity contribution in [2.45, 2.75) is 38.5 Å². The molecule has 2 unspecified atom stereocenters. The van der Waals surface area contributed by atoms with E-state index in [9.17, 15) is 8.94 Å². The van der Waals surface area contributed by atoms with Crippen LogP contribution in [0.2, 0.25) is 0 Å². The molecule has 0 radical (unpaired) electrons. The van der Waals surface area contributed by atoms with Gasteiger partial charge >= 0.3 is 0 Å². The summed E-state index contributed by atoms with van der Waals surface area (Å²) in [5, 5.41) is 0. The van der Waals surface area contributed by atoms with Crippen LogP contribution in [0, 0.1) is 12.7 Å². The molecule has 124 valence electrons. The van der Waals surface area contributed by atoms with Gasteiger partial charge in [0.1, 0.15) is 16.6 Å². The van der Waals surface area contributed by atoms with Gasteiger partial charge in [0, 0.05) is 11.4 Å². The van der Waals surface area contributed by atoms with Crippen molar-refractivity contribution in [1.82, 2.24) is 4.72 Å². The van der Waals surface area contributed by atoms with Crippen molar-refractivity contribution in [3.63, 3.8) is 0 Å². The van der Waals surface area contributed by atoms with Crippen LogP contribution in [0.3, 0.4) is 0 Å². The van der Waals surface area contributed by atoms with E-state index in [1.165, 1.54) is 6.07 Å². The highest BCUT2D eigenvalue weighted by Crippen LogP contribution is 2.28. The quantitative estimate of drug-likeness (QED) is 0.659. The van der Waals surface area contributed by atoms with Gasteiger partial charge in [-0.1, -0.05) is 35.9 Å². The van der Waals surface area contributed by atoms with Crippen molar-refractivity contribution in [3.05, 3.63) is 65.0 Å². The first-order valence-electron chi connectivity index (χ1n) is 7.48. The second kappa shape index (κ2) is 6.91. The standard InChI is InChI=1S/C18H23FN2OS/c1-12-6-5-7-13(10-12)17(21-23(22)18(2,3)4)14-8-9-15(19)16(20)11-14/h5-11,17,21H,20H2,1-4H3. The first-order valence-corrected chi connectivity index (χ1v) is 8.63. The lowest BCUT2D eigenvalue weighted by Crippen LogP contribution is -2.41. The maximum Gasteiger partial charge on any atom is 0.146 e. The lowest BCUT2D eigenvalue weighted by molar-refractivity contribution is 0.535. The molecule has 2 aromatic carbocycles. The molecule has 0 spiro atoms. The van der Waals surface area contributed by atoms with E-state index in [1.807, 2.05) is 52.0 Å². The van der Waals surface area contributed by atoms with Crippen LogP contribution >= 0.6 is 0 Å². The number of rotatable bonds is 4. The summed E-state index contributed by atoms with van der Waals surface area (Å²) in [6.07, 6.45) is 0. The summed E-state index contributed by atoms with van der Waals surface area (Å²) in [6.45, 7) is 7.72. The number of aryl methyl sites for hydroxylation is 1. The monoisotopic (exact) mass is 334 g/mol. The zero-order valence-corrected chi connectivity index (χ0v) is 14.7. The van der Waals surface area contributed by atoms with Gasteiger partial charge in [0.2, 0.25) is 0 Å². The predicted molar refractivity (Wildman–Crippen MR) is 94.9 cm³/mol. The van der Waals surface area contributed by atoms with Crippen LogP contribution in [0.1, 0.15) is 43.5 Å². The predicted octanol–water partition coefficient (Wildman–Crippen LogP) is 3.86. The molecule has 0 fully saturated rings. The summed E-state index contributed by atoms with van der Waals surface area (Å²) >= 11 is -1.27. The fraction of sp³-hybridized carbons (Fsp3) is 0.333. The second-order valence-corrected chi connectivity index (χ2v) is 8.62. The van der Waals surface area contributed by atoms with Crippen molar-refractivity contribution >= 4 is 17.0 Å². The van der Waals surface area contributed by atoms with Gasteiger partial charge in [-0.05, 0) is 51.0 Å². The van der Waals surface area contributed by atoms with Gasteiger partial charge in [-0.25, -0.2) is 4.39 Å². The van der Waals surface area contributed by atoms with Gasteiger partial charge in [0.25, 0.3) is 0 Å². The number of nitrogens with one attached hydrogen (secondary N) is 1. The molecular weight excluding hydrogens is 311 g/mol. The van der Waals surface area contributed by atoms with Crippen LogP contribution < -0.4 is 10.5 Å². The third-order valence-corrected chi connectivity index (χ3v) is 5.07. The molecule has 23 heavy (non-hydrogen) atoms. The molecular formula is C18H23FN2OS. The van der Waals surface area contributed by atoms with Crippen LogP contribution in [-0.4, -0.2) is 9.30 Å². The molecule has 3 nitrogen and oxygen atoms in total. The highest BCUT2D eigenvalue weighted by Gasteiger charge is 2.30. The first kappa shape index (κ1) is 17.8. The minimum Gasteiger partial charge on any atom is -0.598 e. The van der Waals surface area contributed by atoms with Gasteiger partial charge in [-0.3, -0.25) is 0 Å². The Labute approximate surface area is 140 Å². The minimum atomic E-state index is -1.27. The molecule has 3 N–H and O–H groups in total. The molecule has 0 aromatic heterocycles. The largest absolute Gasteiger partial charge is 0.598 e. The van der Waals surface area contributed by atoms with Gasteiger partial charge < -0.3 is 10.3 Å². The van der Waals surface area contributed by atoms with Crippen molar-refractivity contribution in [3.8, 4) is 0 Å². The molecule has 0 bridgehead atoms. The van der Waals surface area contributed by atoms with E-state index in [-0.39, 0.29) is 11.7 Å². The van der Waals surface area contributed by atoms with Crippen LogP contribution in [0.5, 0.6) is 0 Å². The Morgan fingerprint density at radius 2 is 1.78 bits per heavy atom. The highest BCUT2D eigenvalue weighted by molar-refractivity contribution is 7.90. The van der Waals surface area contributed by atoms with Crippen molar-refractivity contribution < 1.29 is 8.94 Å². The average Bonchev–Trinajstić information content (AvgIpc) is 2.46. The van der Waals surface area contributed by atoms with Crippen LogP contribution in [0.15, 0.2) is 42.5 Å². The Bertz CT molecular complexity index is 685. The molecule has 2 rings (SSSR count). The van der Waals surface area contributed by atoms with E-state index in [2.05, 4.69) is 4.72 Å². The summed E-state index contributed by atoms with van der Waals surface area (Å²) < 4.78 is 28.8. The highest BCUT2D eigenvalue weighted by atomic mass is 32.2. The normalized spacial score (nSPS) is 14.5. The van der Waals surface area contributed by atoms with Gasteiger partial charge in [0.15, 0.2) is 0 Å². The third-order valence-electron chi connectivity index (χ3n) is 3.51. The van der Waals surface area contributed by atoms with E-state index in [4.69, 9.17) is 5.73 Å². The zero-order chi connectivity index (χ0) is 17.2. The Morgan fingerprint density at radius 3 is 2.35 bits per heavy atom. The maximum atomic E-state index is 13.5. The van der Waals surface area contributed by atoms with E-state index in [1.54, 1.807) is 12.1 Å². The average molecular weight is 334 g/mol. The number of hydrogen-bond acceptors (Lipinski definition) is 3. The lowest BCUT2D eigenvalue weighted by Gasteiger charge is -2.28. The number of nitrogen functional groups attached to an aromatic ring is 1. The Hall–Kier alpha value is -1.56. The molecule has 0 heterocycles. The minimum absolute atomic E-state index is 0.0866. The summed E-state index contributed by atoms with van der Waals surface area (Å²) in [7, 11) is 0. The fourth-order valence-electron chi connectivity index (χ4n) is 2.20. The molecule has 2 aromatic rings. The maximum absolute atomic E-state index is 13.5. The van der Waals surface area contributed by atoms with E-state index < -0.39 is 21.9 Å². The van der Waals surface area contributed by atoms with E-state index >= 15 is 0 Å². The van der Waals surface area contributed by atoms with Crippen LogP contribution in [0.25, 0.3) is 0 Å². The summed E-state index contributed by atoms with van der Waals surface area (Å²) in [5.74, 6) is -0.450. The first-order chi connectivity index (χ1) is 10.7. The van der Waals surface area contributed by atoms with Gasteiger partial charge in [0.05, 0.1) is 5.69 Å². The number of halogens is 1. The summed E-state index contributed by atoms with van der Waals surface area (Å²) in [6, 6.07) is 12.2. The second-order valence-electron chi connectivity index (χ2n) is 6.63. The molecule has 5 heteroatoms. The number of benzene rings is 2. The van der Waals surface area contributed by atoms with E-state index in [0.717, 1.165) is 16.7 Å². The SMILES string of the molecule is Cc1cccc(C(N[S+]([O-])C(C)(C)C)c2ccc(F)c(N)c2)c1. The van der Waals surface area contributed by atoms with Gasteiger partial charge in [-0.15, -0.1) is 4.72 Å². The summed E-state index contributed by atoms with van der Waals surface area (Å²) in [5.41, 5.74) is 8.64. The molecule has 0 aliphatic rings. The van der Waals surface area contributed by atoms with Crippen molar-refractivity contribution in [2.75, 3.05) is 5.73 Å². The molecule has 0 amide bonds. The molecule has 2 atom stereocenters.